The summed E-state index contributed by atoms with van der Waals surface area (Å²) >= 11 is 0.579. The monoisotopic (exact) mass is 460 g/mol. The van der Waals surface area contributed by atoms with Gasteiger partial charge in [-0.1, -0.05) is 42.5 Å². The predicted octanol–water partition coefficient (Wildman–Crippen LogP) is 6.22. The van der Waals surface area contributed by atoms with Crippen LogP contribution in [0.3, 0.4) is 0 Å². The Morgan fingerprint density at radius 3 is 2.32 bits per heavy atom. The number of amides is 1. The van der Waals surface area contributed by atoms with Gasteiger partial charge >= 0.3 is 12.5 Å². The number of carbonyl (C=O) groups is 1. The van der Waals surface area contributed by atoms with E-state index < -0.39 is 40.8 Å². The third-order valence-electron chi connectivity index (χ3n) is 4.06. The van der Waals surface area contributed by atoms with Crippen molar-refractivity contribution in [3.8, 4) is 16.3 Å². The fourth-order valence-corrected chi connectivity index (χ4v) is 3.69. The molecule has 31 heavy (non-hydrogen) atoms. The van der Waals surface area contributed by atoms with E-state index in [1.807, 2.05) is 0 Å². The van der Waals surface area contributed by atoms with Crippen molar-refractivity contribution in [2.24, 2.45) is 0 Å². The molecule has 1 amide bonds. The molecule has 164 valence electrons. The van der Waals surface area contributed by atoms with Crippen molar-refractivity contribution >= 4 is 17.2 Å². The average molecular weight is 460 g/mol. The second-order valence-corrected chi connectivity index (χ2v) is 7.38. The topological polar surface area (TPSA) is 51.2 Å². The number of aromatic nitrogens is 1. The minimum absolute atomic E-state index is 0.0197. The Balaban J connectivity index is 1.86. The standard InChI is InChI=1S/C20H14F6N2O2S/c1-11(13-8-5-9-14(10-13)30-20(24,25)26)27-17(29)15-16(19(21,22)23)28-18(31-15)12-6-3-2-4-7-12/h2-11H,1H3,(H,27,29). The van der Waals surface area contributed by atoms with Crippen LogP contribution in [-0.4, -0.2) is 17.3 Å². The zero-order chi connectivity index (χ0) is 22.8. The van der Waals surface area contributed by atoms with Crippen LogP contribution >= 0.6 is 11.3 Å². The van der Waals surface area contributed by atoms with Crippen LogP contribution in [0.2, 0.25) is 0 Å². The average Bonchev–Trinajstić information content (AvgIpc) is 3.14. The molecule has 11 heteroatoms. The van der Waals surface area contributed by atoms with E-state index in [1.54, 1.807) is 30.3 Å². The number of nitrogens with one attached hydrogen (secondary N) is 1. The number of nitrogens with zero attached hydrogens (tertiary/aromatic N) is 1. The molecular weight excluding hydrogens is 446 g/mol. The van der Waals surface area contributed by atoms with E-state index in [9.17, 15) is 31.1 Å². The first-order valence-electron chi connectivity index (χ1n) is 8.74. The van der Waals surface area contributed by atoms with Gasteiger partial charge in [0.2, 0.25) is 0 Å². The van der Waals surface area contributed by atoms with E-state index in [-0.39, 0.29) is 10.6 Å². The van der Waals surface area contributed by atoms with Gasteiger partial charge in [-0.3, -0.25) is 4.79 Å². The van der Waals surface area contributed by atoms with Crippen molar-refractivity contribution in [2.75, 3.05) is 0 Å². The molecule has 0 fully saturated rings. The normalized spacial score (nSPS) is 13.0. The molecule has 0 bridgehead atoms. The molecule has 0 spiro atoms. The summed E-state index contributed by atoms with van der Waals surface area (Å²) in [7, 11) is 0. The molecule has 0 saturated carbocycles. The molecule has 0 saturated heterocycles. The summed E-state index contributed by atoms with van der Waals surface area (Å²) in [6.07, 6.45) is -9.76. The molecule has 0 radical (unpaired) electrons. The van der Waals surface area contributed by atoms with Crippen LogP contribution in [0.25, 0.3) is 10.6 Å². The number of alkyl halides is 6. The fourth-order valence-electron chi connectivity index (χ4n) is 2.70. The number of ether oxygens (including phenoxy) is 1. The van der Waals surface area contributed by atoms with Crippen molar-refractivity contribution in [3.05, 3.63) is 70.7 Å². The second kappa shape index (κ2) is 8.58. The first-order valence-corrected chi connectivity index (χ1v) is 9.55. The molecular formula is C20H14F6N2O2S. The van der Waals surface area contributed by atoms with E-state index in [0.29, 0.717) is 16.9 Å². The smallest absolute Gasteiger partial charge is 0.406 e. The van der Waals surface area contributed by atoms with Crippen LogP contribution in [0.5, 0.6) is 5.75 Å². The van der Waals surface area contributed by atoms with Crippen LogP contribution in [-0.2, 0) is 6.18 Å². The summed E-state index contributed by atoms with van der Waals surface area (Å²) in [4.78, 5) is 15.6. The van der Waals surface area contributed by atoms with Crippen molar-refractivity contribution in [1.29, 1.82) is 0 Å². The lowest BCUT2D eigenvalue weighted by atomic mass is 10.1. The van der Waals surface area contributed by atoms with Crippen LogP contribution in [0.15, 0.2) is 54.6 Å². The molecule has 1 unspecified atom stereocenters. The maximum absolute atomic E-state index is 13.4. The Morgan fingerprint density at radius 2 is 1.71 bits per heavy atom. The van der Waals surface area contributed by atoms with Gasteiger partial charge in [0.05, 0.1) is 6.04 Å². The molecule has 2 aromatic carbocycles. The van der Waals surface area contributed by atoms with Crippen molar-refractivity contribution in [2.45, 2.75) is 25.5 Å². The summed E-state index contributed by atoms with van der Waals surface area (Å²) in [5.74, 6) is -1.55. The fraction of sp³-hybridized carbons (Fsp3) is 0.200. The maximum atomic E-state index is 13.4. The van der Waals surface area contributed by atoms with Crippen molar-refractivity contribution < 1.29 is 35.9 Å². The van der Waals surface area contributed by atoms with E-state index >= 15 is 0 Å². The van der Waals surface area contributed by atoms with Crippen LogP contribution in [0, 0.1) is 0 Å². The Morgan fingerprint density at radius 1 is 1.03 bits per heavy atom. The van der Waals surface area contributed by atoms with Gasteiger partial charge in [-0.2, -0.15) is 13.2 Å². The Labute approximate surface area is 176 Å². The number of hydrogen-bond donors (Lipinski definition) is 1. The van der Waals surface area contributed by atoms with Gasteiger partial charge < -0.3 is 10.1 Å². The van der Waals surface area contributed by atoms with E-state index in [0.717, 1.165) is 12.1 Å². The molecule has 0 aliphatic heterocycles. The SMILES string of the molecule is CC(NC(=O)c1sc(-c2ccccc2)nc1C(F)(F)F)c1cccc(OC(F)(F)F)c1. The van der Waals surface area contributed by atoms with Crippen LogP contribution in [0.4, 0.5) is 26.3 Å². The van der Waals surface area contributed by atoms with Gasteiger partial charge in [0.15, 0.2) is 5.69 Å². The van der Waals surface area contributed by atoms with Gasteiger partial charge in [0.25, 0.3) is 5.91 Å². The van der Waals surface area contributed by atoms with Gasteiger partial charge in [0, 0.05) is 5.56 Å². The van der Waals surface area contributed by atoms with Crippen molar-refractivity contribution in [1.82, 2.24) is 10.3 Å². The third-order valence-corrected chi connectivity index (χ3v) is 5.17. The molecule has 1 N–H and O–H groups in total. The third kappa shape index (κ3) is 5.75. The van der Waals surface area contributed by atoms with Gasteiger partial charge in [-0.25, -0.2) is 4.98 Å². The Kier molecular flexibility index (Phi) is 6.25. The molecule has 4 nitrogen and oxygen atoms in total. The minimum atomic E-state index is -4.90. The van der Waals surface area contributed by atoms with E-state index in [4.69, 9.17) is 0 Å². The van der Waals surface area contributed by atoms with E-state index in [1.165, 1.54) is 19.1 Å². The largest absolute Gasteiger partial charge is 0.573 e. The minimum Gasteiger partial charge on any atom is -0.406 e. The zero-order valence-electron chi connectivity index (χ0n) is 15.7. The van der Waals surface area contributed by atoms with Crippen LogP contribution in [0.1, 0.15) is 33.9 Å². The lowest BCUT2D eigenvalue weighted by Crippen LogP contribution is -2.28. The summed E-state index contributed by atoms with van der Waals surface area (Å²) in [6.45, 7) is 1.43. The molecule has 0 aliphatic rings. The summed E-state index contributed by atoms with van der Waals surface area (Å²) < 4.78 is 81.4. The van der Waals surface area contributed by atoms with Gasteiger partial charge in [-0.05, 0) is 24.6 Å². The molecule has 3 aromatic rings. The van der Waals surface area contributed by atoms with Crippen molar-refractivity contribution in [3.63, 3.8) is 0 Å². The highest BCUT2D eigenvalue weighted by atomic mass is 32.1. The highest BCUT2D eigenvalue weighted by molar-refractivity contribution is 7.17. The lowest BCUT2D eigenvalue weighted by Gasteiger charge is -2.16. The summed E-state index contributed by atoms with van der Waals surface area (Å²) in [5, 5.41) is 2.39. The first-order chi connectivity index (χ1) is 14.4. The number of thiazole rings is 1. The highest BCUT2D eigenvalue weighted by Gasteiger charge is 2.40. The number of carbonyl (C=O) groups excluding carboxylic acids is 1. The number of hydrogen-bond acceptors (Lipinski definition) is 4. The van der Waals surface area contributed by atoms with Crippen LogP contribution < -0.4 is 10.1 Å². The summed E-state index contributed by atoms with van der Waals surface area (Å²) in [6, 6.07) is 12.0. The summed E-state index contributed by atoms with van der Waals surface area (Å²) in [5.41, 5.74) is -0.686. The quantitative estimate of drug-likeness (QED) is 0.460. The number of halogens is 6. The molecule has 3 rings (SSSR count). The molecule has 1 heterocycles. The predicted molar refractivity (Wildman–Crippen MR) is 102 cm³/mol. The Hall–Kier alpha value is -3.08. The zero-order valence-corrected chi connectivity index (χ0v) is 16.5. The van der Waals surface area contributed by atoms with Gasteiger partial charge in [-0.15, -0.1) is 24.5 Å². The maximum Gasteiger partial charge on any atom is 0.573 e. The molecule has 1 atom stereocenters. The number of rotatable bonds is 5. The molecule has 0 aliphatic carbocycles. The second-order valence-electron chi connectivity index (χ2n) is 6.38. The molecule has 1 aromatic heterocycles. The highest BCUT2D eigenvalue weighted by Crippen LogP contribution is 2.38. The first kappa shape index (κ1) is 22.6. The lowest BCUT2D eigenvalue weighted by molar-refractivity contribution is -0.274. The van der Waals surface area contributed by atoms with E-state index in [2.05, 4.69) is 15.0 Å². The van der Waals surface area contributed by atoms with Gasteiger partial charge in [0.1, 0.15) is 15.6 Å². The Bertz CT molecular complexity index is 1060. The number of benzene rings is 2.